The Hall–Kier alpha value is -1.11. The quantitative estimate of drug-likeness (QED) is 0.547. The smallest absolute Gasteiger partial charge is 0.130 e. The molecule has 126 valence electrons. The van der Waals surface area contributed by atoms with Gasteiger partial charge in [0.05, 0.1) is 0 Å². The minimum Gasteiger partial charge on any atom is -0.206 e. The molecule has 1 saturated carbocycles. The summed E-state index contributed by atoms with van der Waals surface area (Å²) in [5.41, 5.74) is 4.62. The molecule has 0 spiro atoms. The third-order valence-electron chi connectivity index (χ3n) is 5.92. The highest BCUT2D eigenvalue weighted by atomic mass is 19.1. The molecule has 0 radical (unpaired) electrons. The first-order valence-electron chi connectivity index (χ1n) is 9.73. The second-order valence-electron chi connectivity index (χ2n) is 7.60. The third kappa shape index (κ3) is 3.70. The summed E-state index contributed by atoms with van der Waals surface area (Å²) >= 11 is 0. The number of fused-ring (bicyclic) bond motifs is 1. The molecule has 23 heavy (non-hydrogen) atoms. The summed E-state index contributed by atoms with van der Waals surface area (Å²) in [6.45, 7) is 4.49. The highest BCUT2D eigenvalue weighted by molar-refractivity contribution is 5.61. The van der Waals surface area contributed by atoms with Crippen molar-refractivity contribution >= 4 is 6.08 Å². The molecule has 1 aromatic carbocycles. The van der Waals surface area contributed by atoms with Crippen LogP contribution in [0.1, 0.15) is 94.2 Å². The maximum atomic E-state index is 15.1. The molecule has 0 nitrogen and oxygen atoms in total. The molecule has 1 fully saturated rings. The van der Waals surface area contributed by atoms with Crippen LogP contribution in [0.2, 0.25) is 0 Å². The Morgan fingerprint density at radius 3 is 2.48 bits per heavy atom. The van der Waals surface area contributed by atoms with Crippen molar-refractivity contribution in [2.75, 3.05) is 0 Å². The van der Waals surface area contributed by atoms with Crippen molar-refractivity contribution in [2.24, 2.45) is 5.92 Å². The van der Waals surface area contributed by atoms with Gasteiger partial charge in [0.25, 0.3) is 0 Å². The Bertz CT molecular complexity index is 562. The van der Waals surface area contributed by atoms with E-state index in [1.807, 2.05) is 0 Å². The van der Waals surface area contributed by atoms with Gasteiger partial charge in [0.1, 0.15) is 5.82 Å². The van der Waals surface area contributed by atoms with Crippen LogP contribution in [0.25, 0.3) is 6.08 Å². The van der Waals surface area contributed by atoms with Gasteiger partial charge >= 0.3 is 0 Å². The van der Waals surface area contributed by atoms with Crippen molar-refractivity contribution in [3.8, 4) is 0 Å². The summed E-state index contributed by atoms with van der Waals surface area (Å²) in [7, 11) is 0. The van der Waals surface area contributed by atoms with Gasteiger partial charge in [-0.25, -0.2) is 4.39 Å². The summed E-state index contributed by atoms with van der Waals surface area (Å²) in [6, 6.07) is 4.27. The van der Waals surface area contributed by atoms with Crippen molar-refractivity contribution in [1.29, 1.82) is 0 Å². The molecular weight excluding hydrogens is 283 g/mol. The van der Waals surface area contributed by atoms with Gasteiger partial charge in [0.2, 0.25) is 0 Å². The van der Waals surface area contributed by atoms with Crippen LogP contribution in [0.4, 0.5) is 4.39 Å². The van der Waals surface area contributed by atoms with E-state index in [4.69, 9.17) is 0 Å². The monoisotopic (exact) mass is 314 g/mol. The predicted octanol–water partition coefficient (Wildman–Crippen LogP) is 7.03. The molecule has 0 aromatic heterocycles. The van der Waals surface area contributed by atoms with Gasteiger partial charge in [0.15, 0.2) is 0 Å². The van der Waals surface area contributed by atoms with E-state index in [-0.39, 0.29) is 5.82 Å². The van der Waals surface area contributed by atoms with E-state index in [1.165, 1.54) is 50.5 Å². The van der Waals surface area contributed by atoms with E-state index in [2.05, 4.69) is 32.1 Å². The van der Waals surface area contributed by atoms with Crippen LogP contribution in [0.3, 0.4) is 0 Å². The predicted molar refractivity (Wildman–Crippen MR) is 97.2 cm³/mol. The van der Waals surface area contributed by atoms with Crippen molar-refractivity contribution < 1.29 is 4.39 Å². The molecule has 0 atom stereocenters. The molecule has 0 amide bonds. The van der Waals surface area contributed by atoms with Crippen LogP contribution in [0.15, 0.2) is 17.7 Å². The summed E-state index contributed by atoms with van der Waals surface area (Å²) < 4.78 is 15.1. The SMILES string of the molecule is CCCC1=Cc2ccc(C3CCC(CCC)CC3)c(F)c2CC1. The standard InChI is InChI=1S/C22H31F/c1-3-5-16-7-10-18(11-8-16)20-14-12-19-15-17(6-4-2)9-13-21(19)22(20)23/h12,14-16,18H,3-11,13H2,1-2H3. The van der Waals surface area contributed by atoms with Gasteiger partial charge in [-0.3, -0.25) is 0 Å². The fourth-order valence-electron chi connectivity index (χ4n) is 4.63. The Labute approximate surface area is 141 Å². The molecule has 0 unspecified atom stereocenters. The maximum Gasteiger partial charge on any atom is 0.130 e. The lowest BCUT2D eigenvalue weighted by Crippen LogP contribution is -2.15. The molecule has 1 aromatic rings. The number of hydrogen-bond acceptors (Lipinski definition) is 0. The van der Waals surface area contributed by atoms with Gasteiger partial charge in [0, 0.05) is 0 Å². The summed E-state index contributed by atoms with van der Waals surface area (Å²) in [5.74, 6) is 1.46. The summed E-state index contributed by atoms with van der Waals surface area (Å²) in [4.78, 5) is 0. The van der Waals surface area contributed by atoms with Crippen molar-refractivity contribution in [2.45, 2.75) is 84.0 Å². The Morgan fingerprint density at radius 1 is 1.00 bits per heavy atom. The number of rotatable bonds is 5. The molecule has 3 rings (SSSR count). The number of hydrogen-bond donors (Lipinski definition) is 0. The Morgan fingerprint density at radius 2 is 1.78 bits per heavy atom. The number of halogens is 1. The Kier molecular flexibility index (Phi) is 5.56. The number of benzene rings is 1. The first-order valence-corrected chi connectivity index (χ1v) is 9.73. The van der Waals surface area contributed by atoms with Gasteiger partial charge in [-0.2, -0.15) is 0 Å². The first kappa shape index (κ1) is 16.7. The molecule has 2 aliphatic carbocycles. The van der Waals surface area contributed by atoms with Crippen LogP contribution in [0.5, 0.6) is 0 Å². The average Bonchev–Trinajstić information content (AvgIpc) is 2.57. The fourth-order valence-corrected chi connectivity index (χ4v) is 4.63. The fraction of sp³-hybridized carbons (Fsp3) is 0.636. The van der Waals surface area contributed by atoms with Crippen molar-refractivity contribution in [1.82, 2.24) is 0 Å². The van der Waals surface area contributed by atoms with Crippen LogP contribution in [-0.2, 0) is 6.42 Å². The lowest BCUT2D eigenvalue weighted by molar-refractivity contribution is 0.304. The van der Waals surface area contributed by atoms with E-state index in [1.54, 1.807) is 0 Å². The number of allylic oxidation sites excluding steroid dienone is 1. The lowest BCUT2D eigenvalue weighted by atomic mass is 9.76. The van der Waals surface area contributed by atoms with Crippen LogP contribution >= 0.6 is 0 Å². The van der Waals surface area contributed by atoms with Crippen LogP contribution in [-0.4, -0.2) is 0 Å². The highest BCUT2D eigenvalue weighted by Crippen LogP contribution is 2.40. The van der Waals surface area contributed by atoms with Crippen molar-refractivity contribution in [3.05, 3.63) is 40.2 Å². The highest BCUT2D eigenvalue weighted by Gasteiger charge is 2.26. The zero-order valence-electron chi connectivity index (χ0n) is 14.8. The lowest BCUT2D eigenvalue weighted by Gasteiger charge is -2.30. The largest absolute Gasteiger partial charge is 0.206 e. The molecule has 0 saturated heterocycles. The third-order valence-corrected chi connectivity index (χ3v) is 5.92. The van der Waals surface area contributed by atoms with E-state index in [0.29, 0.717) is 5.92 Å². The molecule has 2 aliphatic rings. The van der Waals surface area contributed by atoms with Crippen LogP contribution in [0, 0.1) is 11.7 Å². The molecule has 0 bridgehead atoms. The molecule has 0 heterocycles. The van der Waals surface area contributed by atoms with E-state index < -0.39 is 0 Å². The zero-order valence-corrected chi connectivity index (χ0v) is 14.8. The molecular formula is C22H31F. The van der Waals surface area contributed by atoms with Crippen LogP contribution < -0.4 is 0 Å². The Balaban J connectivity index is 1.76. The van der Waals surface area contributed by atoms with E-state index in [0.717, 1.165) is 41.9 Å². The van der Waals surface area contributed by atoms with Gasteiger partial charge in [-0.15, -0.1) is 0 Å². The minimum absolute atomic E-state index is 0.119. The zero-order chi connectivity index (χ0) is 16.2. The topological polar surface area (TPSA) is 0 Å². The minimum atomic E-state index is 0.119. The molecule has 1 heteroatoms. The average molecular weight is 314 g/mol. The molecule has 0 aliphatic heterocycles. The first-order chi connectivity index (χ1) is 11.2. The van der Waals surface area contributed by atoms with Gasteiger partial charge < -0.3 is 0 Å². The van der Waals surface area contributed by atoms with E-state index in [9.17, 15) is 0 Å². The summed E-state index contributed by atoms with van der Waals surface area (Å²) in [5, 5.41) is 0. The second kappa shape index (κ2) is 7.64. The second-order valence-corrected chi connectivity index (χ2v) is 7.60. The van der Waals surface area contributed by atoms with Gasteiger partial charge in [-0.1, -0.05) is 56.9 Å². The maximum absolute atomic E-state index is 15.1. The normalized spacial score (nSPS) is 24.2. The summed E-state index contributed by atoms with van der Waals surface area (Å²) in [6.07, 6.45) is 14.1. The molecule has 0 N–H and O–H groups in total. The van der Waals surface area contributed by atoms with Crippen molar-refractivity contribution in [3.63, 3.8) is 0 Å². The van der Waals surface area contributed by atoms with Gasteiger partial charge in [-0.05, 0) is 73.5 Å². The van der Waals surface area contributed by atoms with E-state index >= 15 is 4.39 Å².